The van der Waals surface area contributed by atoms with Crippen molar-refractivity contribution < 1.29 is 14.4 Å². The SMILES string of the molecule is CC(=O)c1c(C)nn(CCC(=O)Nc2ccc(C(=O)N3CCCC3)cc2C)c1C. The van der Waals surface area contributed by atoms with Crippen LogP contribution < -0.4 is 5.32 Å². The van der Waals surface area contributed by atoms with Gasteiger partial charge >= 0.3 is 0 Å². The second kappa shape index (κ2) is 8.59. The van der Waals surface area contributed by atoms with Crippen LogP contribution in [0.15, 0.2) is 18.2 Å². The van der Waals surface area contributed by atoms with Gasteiger partial charge in [-0.1, -0.05) is 0 Å². The van der Waals surface area contributed by atoms with E-state index >= 15 is 0 Å². The predicted molar refractivity (Wildman–Crippen MR) is 111 cm³/mol. The summed E-state index contributed by atoms with van der Waals surface area (Å²) in [6.45, 7) is 9.08. The third-order valence-corrected chi connectivity index (χ3v) is 5.42. The van der Waals surface area contributed by atoms with Gasteiger partial charge in [0, 0.05) is 43.0 Å². The first kappa shape index (κ1) is 20.8. The summed E-state index contributed by atoms with van der Waals surface area (Å²) < 4.78 is 1.70. The first-order chi connectivity index (χ1) is 13.8. The van der Waals surface area contributed by atoms with E-state index in [2.05, 4.69) is 10.4 Å². The Morgan fingerprint density at radius 3 is 2.38 bits per heavy atom. The van der Waals surface area contributed by atoms with E-state index in [-0.39, 0.29) is 24.0 Å². The minimum absolute atomic E-state index is 0.0186. The summed E-state index contributed by atoms with van der Waals surface area (Å²) in [5.74, 6) is -0.104. The van der Waals surface area contributed by atoms with Gasteiger partial charge in [0.05, 0.1) is 11.3 Å². The third-order valence-electron chi connectivity index (χ3n) is 5.42. The molecular weight excluding hydrogens is 368 g/mol. The average Bonchev–Trinajstić information content (AvgIpc) is 3.29. The van der Waals surface area contributed by atoms with Crippen molar-refractivity contribution in [2.24, 2.45) is 0 Å². The molecule has 29 heavy (non-hydrogen) atoms. The van der Waals surface area contributed by atoms with Crippen LogP contribution in [0.25, 0.3) is 0 Å². The number of carbonyl (C=O) groups is 3. The van der Waals surface area contributed by atoms with E-state index in [4.69, 9.17) is 0 Å². The topological polar surface area (TPSA) is 84.3 Å². The van der Waals surface area contributed by atoms with Crippen LogP contribution in [0, 0.1) is 20.8 Å². The lowest BCUT2D eigenvalue weighted by Crippen LogP contribution is -2.27. The van der Waals surface area contributed by atoms with Gasteiger partial charge < -0.3 is 10.2 Å². The highest BCUT2D eigenvalue weighted by molar-refractivity contribution is 5.97. The molecule has 2 heterocycles. The van der Waals surface area contributed by atoms with E-state index in [1.165, 1.54) is 6.92 Å². The van der Waals surface area contributed by atoms with Crippen molar-refractivity contribution in [2.45, 2.75) is 53.5 Å². The van der Waals surface area contributed by atoms with Crippen molar-refractivity contribution in [3.63, 3.8) is 0 Å². The Kier molecular flexibility index (Phi) is 6.15. The second-order valence-electron chi connectivity index (χ2n) is 7.65. The number of amides is 2. The summed E-state index contributed by atoms with van der Waals surface area (Å²) in [4.78, 5) is 38.5. The molecule has 154 valence electrons. The monoisotopic (exact) mass is 396 g/mol. The van der Waals surface area contributed by atoms with Crippen molar-refractivity contribution in [2.75, 3.05) is 18.4 Å². The molecule has 7 nitrogen and oxygen atoms in total. The van der Waals surface area contributed by atoms with Crippen LogP contribution in [-0.2, 0) is 11.3 Å². The van der Waals surface area contributed by atoms with Gasteiger partial charge in [-0.25, -0.2) is 0 Å². The van der Waals surface area contributed by atoms with Gasteiger partial charge in [0.2, 0.25) is 5.91 Å². The summed E-state index contributed by atoms with van der Waals surface area (Å²) in [5.41, 5.74) is 4.30. The molecule has 7 heteroatoms. The summed E-state index contributed by atoms with van der Waals surface area (Å²) in [6.07, 6.45) is 2.36. The van der Waals surface area contributed by atoms with Crippen LogP contribution in [0.4, 0.5) is 5.69 Å². The van der Waals surface area contributed by atoms with E-state index in [0.717, 1.165) is 37.2 Å². The van der Waals surface area contributed by atoms with Crippen molar-refractivity contribution in [3.8, 4) is 0 Å². The van der Waals surface area contributed by atoms with Gasteiger partial charge in [0.1, 0.15) is 0 Å². The summed E-state index contributed by atoms with van der Waals surface area (Å²) in [7, 11) is 0. The van der Waals surface area contributed by atoms with Gasteiger partial charge in [-0.2, -0.15) is 5.10 Å². The maximum Gasteiger partial charge on any atom is 0.253 e. The van der Waals surface area contributed by atoms with Gasteiger partial charge in [0.15, 0.2) is 5.78 Å². The molecule has 3 rings (SSSR count). The number of aromatic nitrogens is 2. The van der Waals surface area contributed by atoms with E-state index in [1.54, 1.807) is 23.7 Å². The number of likely N-dealkylation sites (tertiary alicyclic amines) is 1. The smallest absolute Gasteiger partial charge is 0.253 e. The number of carbonyl (C=O) groups excluding carboxylic acids is 3. The Morgan fingerprint density at radius 1 is 1.10 bits per heavy atom. The highest BCUT2D eigenvalue weighted by atomic mass is 16.2. The molecular formula is C22H28N4O3. The van der Waals surface area contributed by atoms with Gasteiger partial charge in [-0.05, 0) is 64.3 Å². The Balaban J connectivity index is 1.61. The summed E-state index contributed by atoms with van der Waals surface area (Å²) in [6, 6.07) is 5.38. The van der Waals surface area contributed by atoms with Gasteiger partial charge in [-0.3, -0.25) is 19.1 Å². The molecule has 0 unspecified atom stereocenters. The Hall–Kier alpha value is -2.96. The van der Waals surface area contributed by atoms with Crippen molar-refractivity contribution >= 4 is 23.3 Å². The van der Waals surface area contributed by atoms with Gasteiger partial charge in [-0.15, -0.1) is 0 Å². The highest BCUT2D eigenvalue weighted by Crippen LogP contribution is 2.20. The fraction of sp³-hybridized carbons (Fsp3) is 0.455. The molecule has 1 N–H and O–H groups in total. The van der Waals surface area contributed by atoms with E-state index < -0.39 is 0 Å². The molecule has 0 aliphatic carbocycles. The zero-order valence-electron chi connectivity index (χ0n) is 17.5. The van der Waals surface area contributed by atoms with Crippen LogP contribution in [0.5, 0.6) is 0 Å². The minimum atomic E-state index is -0.136. The number of rotatable bonds is 6. The first-order valence-corrected chi connectivity index (χ1v) is 10.0. The molecule has 1 aliphatic heterocycles. The van der Waals surface area contributed by atoms with Crippen molar-refractivity contribution in [1.29, 1.82) is 0 Å². The number of ketones is 1. The molecule has 0 radical (unpaired) electrons. The minimum Gasteiger partial charge on any atom is -0.339 e. The molecule has 1 saturated heterocycles. The Bertz CT molecular complexity index is 955. The van der Waals surface area contributed by atoms with Crippen molar-refractivity contribution in [1.82, 2.24) is 14.7 Å². The van der Waals surface area contributed by atoms with E-state index in [9.17, 15) is 14.4 Å². The molecule has 0 bridgehead atoms. The first-order valence-electron chi connectivity index (χ1n) is 10.0. The lowest BCUT2D eigenvalue weighted by molar-refractivity contribution is -0.116. The molecule has 1 aliphatic rings. The van der Waals surface area contributed by atoms with Crippen LogP contribution in [0.2, 0.25) is 0 Å². The number of anilines is 1. The molecule has 0 spiro atoms. The Morgan fingerprint density at radius 2 is 1.79 bits per heavy atom. The number of aryl methyl sites for hydroxylation is 3. The van der Waals surface area contributed by atoms with E-state index in [0.29, 0.717) is 29.1 Å². The second-order valence-corrected chi connectivity index (χ2v) is 7.65. The van der Waals surface area contributed by atoms with Crippen LogP contribution in [0.3, 0.4) is 0 Å². The molecule has 1 aromatic carbocycles. The van der Waals surface area contributed by atoms with Crippen LogP contribution in [-0.4, -0.2) is 45.4 Å². The maximum atomic E-state index is 12.5. The number of Topliss-reactive ketones (excluding diaryl/α,β-unsaturated/α-hetero) is 1. The number of nitrogens with one attached hydrogen (secondary N) is 1. The maximum absolute atomic E-state index is 12.5. The standard InChI is InChI=1S/C22H28N4O3/c1-14-13-18(22(29)25-10-5-6-11-25)7-8-19(14)23-20(28)9-12-26-16(3)21(17(4)27)15(2)24-26/h7-8,13H,5-6,9-12H2,1-4H3,(H,23,28). The highest BCUT2D eigenvalue weighted by Gasteiger charge is 2.20. The summed E-state index contributed by atoms with van der Waals surface area (Å²) in [5, 5.41) is 7.28. The zero-order valence-corrected chi connectivity index (χ0v) is 17.5. The van der Waals surface area contributed by atoms with Crippen molar-refractivity contribution in [3.05, 3.63) is 46.3 Å². The lowest BCUT2D eigenvalue weighted by Gasteiger charge is -2.16. The predicted octanol–water partition coefficient (Wildman–Crippen LogP) is 3.28. The molecule has 1 aromatic heterocycles. The summed E-state index contributed by atoms with van der Waals surface area (Å²) >= 11 is 0. The third kappa shape index (κ3) is 4.55. The number of benzene rings is 1. The number of nitrogens with zero attached hydrogens (tertiary/aromatic N) is 3. The number of hydrogen-bond acceptors (Lipinski definition) is 4. The molecule has 2 amide bonds. The van der Waals surface area contributed by atoms with Gasteiger partial charge in [0.25, 0.3) is 5.91 Å². The quantitative estimate of drug-likeness (QED) is 0.760. The molecule has 0 saturated carbocycles. The number of hydrogen-bond donors (Lipinski definition) is 1. The average molecular weight is 396 g/mol. The van der Waals surface area contributed by atoms with Crippen LogP contribution in [0.1, 0.15) is 63.9 Å². The Labute approximate surface area is 171 Å². The normalized spacial score (nSPS) is 13.6. The lowest BCUT2D eigenvalue weighted by atomic mass is 10.1. The molecule has 1 fully saturated rings. The molecule has 0 atom stereocenters. The zero-order chi connectivity index (χ0) is 21.1. The largest absolute Gasteiger partial charge is 0.339 e. The molecule has 2 aromatic rings. The fourth-order valence-corrected chi connectivity index (χ4v) is 3.88. The van der Waals surface area contributed by atoms with Crippen LogP contribution >= 0.6 is 0 Å². The fourth-order valence-electron chi connectivity index (χ4n) is 3.88. The van der Waals surface area contributed by atoms with E-state index in [1.807, 2.05) is 24.8 Å².